The quantitative estimate of drug-likeness (QED) is 0.669. The van der Waals surface area contributed by atoms with E-state index in [2.05, 4.69) is 10.3 Å². The van der Waals surface area contributed by atoms with Crippen LogP contribution in [-0.2, 0) is 9.59 Å². The lowest BCUT2D eigenvalue weighted by Crippen LogP contribution is -2.35. The fourth-order valence-corrected chi connectivity index (χ4v) is 4.05. The van der Waals surface area contributed by atoms with Crippen LogP contribution in [-0.4, -0.2) is 35.6 Å². The van der Waals surface area contributed by atoms with E-state index in [1.165, 1.54) is 11.8 Å². The Bertz CT molecular complexity index is 1090. The van der Waals surface area contributed by atoms with Crippen molar-refractivity contribution in [3.63, 3.8) is 0 Å². The summed E-state index contributed by atoms with van der Waals surface area (Å²) >= 11 is 1.25. The van der Waals surface area contributed by atoms with Crippen LogP contribution < -0.4 is 19.7 Å². The number of nitrogens with one attached hydrogen (secondary N) is 1. The van der Waals surface area contributed by atoms with Crippen molar-refractivity contribution in [2.45, 2.75) is 33.2 Å². The maximum atomic E-state index is 13.3. The van der Waals surface area contributed by atoms with Gasteiger partial charge in [-0.3, -0.25) is 14.5 Å². The second-order valence-electron chi connectivity index (χ2n) is 7.68. The molecule has 4 rings (SSSR count). The summed E-state index contributed by atoms with van der Waals surface area (Å²) in [5.74, 6) is 1.17. The number of anilines is 1. The van der Waals surface area contributed by atoms with E-state index in [9.17, 15) is 9.59 Å². The van der Waals surface area contributed by atoms with Crippen LogP contribution in [0.25, 0.3) is 6.08 Å². The van der Waals surface area contributed by atoms with Gasteiger partial charge in [0, 0.05) is 6.04 Å². The highest BCUT2D eigenvalue weighted by Crippen LogP contribution is 2.34. The summed E-state index contributed by atoms with van der Waals surface area (Å²) < 4.78 is 10.8. The predicted molar refractivity (Wildman–Crippen MR) is 127 cm³/mol. The van der Waals surface area contributed by atoms with Gasteiger partial charge >= 0.3 is 0 Å². The van der Waals surface area contributed by atoms with E-state index in [1.54, 1.807) is 11.0 Å². The van der Waals surface area contributed by atoms with Gasteiger partial charge in [-0.25, -0.2) is 4.99 Å². The van der Waals surface area contributed by atoms with Gasteiger partial charge in [-0.2, -0.15) is 0 Å². The minimum Gasteiger partial charge on any atom is -0.454 e. The Morgan fingerprint density at radius 1 is 1.22 bits per heavy atom. The first kappa shape index (κ1) is 22.0. The van der Waals surface area contributed by atoms with Crippen molar-refractivity contribution in [3.8, 4) is 11.5 Å². The number of carbonyl (C=O) groups excluding carboxylic acids is 2. The molecule has 7 nitrogen and oxygen atoms in total. The molecule has 1 N–H and O–H groups in total. The maximum Gasteiger partial charge on any atom is 0.283 e. The number of amides is 2. The first-order valence-corrected chi connectivity index (χ1v) is 11.5. The van der Waals surface area contributed by atoms with Crippen molar-refractivity contribution in [2.24, 2.45) is 4.99 Å². The standard InChI is InChI=1S/C24H25N3O4S/c1-4-16(3)25-22(28)13-32-24-26-19(11-17-7-10-20-21(12-17)31-14-30-20)23(29)27(24)18-8-5-15(2)6-9-18/h5-12,16H,4,13-14H2,1-3H3,(H,25,28). The van der Waals surface area contributed by atoms with Gasteiger partial charge in [0.15, 0.2) is 16.7 Å². The summed E-state index contributed by atoms with van der Waals surface area (Å²) in [5, 5.41) is 3.42. The molecule has 166 valence electrons. The van der Waals surface area contributed by atoms with Gasteiger partial charge in [0.05, 0.1) is 11.4 Å². The van der Waals surface area contributed by atoms with Gasteiger partial charge in [-0.05, 0) is 56.2 Å². The summed E-state index contributed by atoms with van der Waals surface area (Å²) in [6.45, 7) is 6.16. The molecule has 0 aliphatic carbocycles. The molecule has 2 aliphatic rings. The molecule has 0 aromatic heterocycles. The third-order valence-corrected chi connectivity index (χ3v) is 6.11. The molecule has 0 bridgehead atoms. The van der Waals surface area contributed by atoms with Crippen LogP contribution in [0.15, 0.2) is 53.2 Å². The SMILES string of the molecule is CCC(C)NC(=O)CSC1=NC(=Cc2ccc3c(c2)OCO3)C(=O)N1c1ccc(C)cc1. The van der Waals surface area contributed by atoms with Crippen molar-refractivity contribution in [2.75, 3.05) is 17.4 Å². The number of amidine groups is 1. The zero-order chi connectivity index (χ0) is 22.7. The molecule has 2 heterocycles. The number of thioether (sulfide) groups is 1. The Hall–Kier alpha value is -3.26. The molecule has 0 radical (unpaired) electrons. The summed E-state index contributed by atoms with van der Waals surface area (Å²) in [6.07, 6.45) is 2.58. The number of nitrogens with zero attached hydrogens (tertiary/aromatic N) is 2. The highest BCUT2D eigenvalue weighted by Gasteiger charge is 2.32. The first-order valence-electron chi connectivity index (χ1n) is 10.5. The van der Waals surface area contributed by atoms with Crippen molar-refractivity contribution in [1.29, 1.82) is 0 Å². The number of aryl methyl sites for hydroxylation is 1. The van der Waals surface area contributed by atoms with Crippen molar-refractivity contribution >= 4 is 40.5 Å². The van der Waals surface area contributed by atoms with E-state index in [-0.39, 0.29) is 30.4 Å². The Kier molecular flexibility index (Phi) is 6.50. The molecule has 32 heavy (non-hydrogen) atoms. The lowest BCUT2D eigenvalue weighted by atomic mass is 10.1. The highest BCUT2D eigenvalue weighted by molar-refractivity contribution is 8.14. The molecule has 1 atom stereocenters. The number of hydrogen-bond donors (Lipinski definition) is 1. The lowest BCUT2D eigenvalue weighted by molar-refractivity contribution is -0.119. The highest BCUT2D eigenvalue weighted by atomic mass is 32.2. The van der Waals surface area contributed by atoms with Crippen LogP contribution in [0.3, 0.4) is 0 Å². The van der Waals surface area contributed by atoms with Gasteiger partial charge < -0.3 is 14.8 Å². The number of fused-ring (bicyclic) bond motifs is 1. The fourth-order valence-electron chi connectivity index (χ4n) is 3.22. The Morgan fingerprint density at radius 2 is 1.97 bits per heavy atom. The van der Waals surface area contributed by atoms with Gasteiger partial charge in [-0.1, -0.05) is 42.4 Å². The van der Waals surface area contributed by atoms with Gasteiger partial charge in [0.1, 0.15) is 5.70 Å². The Labute approximate surface area is 191 Å². The van der Waals surface area contributed by atoms with E-state index in [0.717, 1.165) is 17.5 Å². The Morgan fingerprint density at radius 3 is 2.72 bits per heavy atom. The molecule has 0 saturated heterocycles. The van der Waals surface area contributed by atoms with E-state index < -0.39 is 0 Å². The van der Waals surface area contributed by atoms with Gasteiger partial charge in [-0.15, -0.1) is 0 Å². The molecular formula is C24H25N3O4S. The molecule has 2 aromatic carbocycles. The van der Waals surface area contributed by atoms with Crippen LogP contribution >= 0.6 is 11.8 Å². The molecular weight excluding hydrogens is 426 g/mol. The third-order valence-electron chi connectivity index (χ3n) is 5.17. The molecule has 0 saturated carbocycles. The van der Waals surface area contributed by atoms with E-state index in [0.29, 0.717) is 28.1 Å². The largest absolute Gasteiger partial charge is 0.454 e. The minimum absolute atomic E-state index is 0.0865. The number of aliphatic imine (C=N–C) groups is 1. The maximum absolute atomic E-state index is 13.3. The first-order chi connectivity index (χ1) is 15.4. The minimum atomic E-state index is -0.239. The van der Waals surface area contributed by atoms with Crippen LogP contribution in [0, 0.1) is 6.92 Å². The molecule has 0 fully saturated rings. The molecule has 8 heteroatoms. The van der Waals surface area contributed by atoms with Gasteiger partial charge in [0.2, 0.25) is 12.7 Å². The second-order valence-corrected chi connectivity index (χ2v) is 8.62. The average molecular weight is 452 g/mol. The normalized spacial score (nSPS) is 17.0. The Balaban J connectivity index is 1.60. The molecule has 0 spiro atoms. The number of benzene rings is 2. The third kappa shape index (κ3) is 4.80. The topological polar surface area (TPSA) is 80.2 Å². The smallest absolute Gasteiger partial charge is 0.283 e. The number of ether oxygens (including phenoxy) is 2. The van der Waals surface area contributed by atoms with Crippen LogP contribution in [0.4, 0.5) is 5.69 Å². The fraction of sp³-hybridized carbons (Fsp3) is 0.292. The van der Waals surface area contributed by atoms with Crippen molar-refractivity contribution in [3.05, 3.63) is 59.3 Å². The predicted octanol–water partition coefficient (Wildman–Crippen LogP) is 4.12. The average Bonchev–Trinajstić information content (AvgIpc) is 3.37. The summed E-state index contributed by atoms with van der Waals surface area (Å²) in [4.78, 5) is 31.7. The summed E-state index contributed by atoms with van der Waals surface area (Å²) in [5.41, 5.74) is 2.89. The van der Waals surface area contributed by atoms with E-state index >= 15 is 0 Å². The second kappa shape index (κ2) is 9.48. The molecule has 1 unspecified atom stereocenters. The lowest BCUT2D eigenvalue weighted by Gasteiger charge is -2.18. The number of carbonyl (C=O) groups is 2. The van der Waals surface area contributed by atoms with E-state index in [1.807, 2.05) is 63.2 Å². The number of hydrogen-bond acceptors (Lipinski definition) is 6. The zero-order valence-corrected chi connectivity index (χ0v) is 19.1. The van der Waals surface area contributed by atoms with Gasteiger partial charge in [0.25, 0.3) is 5.91 Å². The van der Waals surface area contributed by atoms with E-state index in [4.69, 9.17) is 9.47 Å². The molecule has 2 aromatic rings. The van der Waals surface area contributed by atoms with Crippen molar-refractivity contribution < 1.29 is 19.1 Å². The zero-order valence-electron chi connectivity index (χ0n) is 18.3. The summed E-state index contributed by atoms with van der Waals surface area (Å²) in [6, 6.07) is 13.2. The summed E-state index contributed by atoms with van der Waals surface area (Å²) in [7, 11) is 0. The van der Waals surface area contributed by atoms with Crippen molar-refractivity contribution in [1.82, 2.24) is 5.32 Å². The molecule has 2 amide bonds. The van der Waals surface area contributed by atoms with Crippen LogP contribution in [0.1, 0.15) is 31.4 Å². The van der Waals surface area contributed by atoms with Crippen LogP contribution in [0.5, 0.6) is 11.5 Å². The number of rotatable bonds is 6. The molecule has 2 aliphatic heterocycles. The van der Waals surface area contributed by atoms with Crippen LogP contribution in [0.2, 0.25) is 0 Å². The monoisotopic (exact) mass is 451 g/mol.